The number of hydrogen-bond donors (Lipinski definition) is 2. The van der Waals surface area contributed by atoms with Crippen LogP contribution in [0.25, 0.3) is 0 Å². The fourth-order valence-electron chi connectivity index (χ4n) is 2.32. The molecule has 0 aliphatic carbocycles. The van der Waals surface area contributed by atoms with Gasteiger partial charge in [-0.25, -0.2) is 4.39 Å². The highest BCUT2D eigenvalue weighted by atomic mass is 32.2. The number of carbonyl (C=O) groups excluding carboxylic acids is 2. The van der Waals surface area contributed by atoms with Crippen LogP contribution in [0.15, 0.2) is 47.4 Å². The molecule has 6 heteroatoms. The van der Waals surface area contributed by atoms with E-state index in [-0.39, 0.29) is 23.5 Å². The molecule has 0 saturated carbocycles. The van der Waals surface area contributed by atoms with Crippen LogP contribution in [-0.4, -0.2) is 17.1 Å². The van der Waals surface area contributed by atoms with Crippen LogP contribution in [0.5, 0.6) is 0 Å². The average molecular weight is 330 g/mol. The lowest BCUT2D eigenvalue weighted by atomic mass is 10.1. The zero-order valence-electron chi connectivity index (χ0n) is 12.4. The number of carbonyl (C=O) groups is 2. The van der Waals surface area contributed by atoms with Crippen molar-refractivity contribution in [2.45, 2.75) is 23.5 Å². The normalized spacial score (nSPS) is 16.4. The van der Waals surface area contributed by atoms with Crippen LogP contribution in [0.4, 0.5) is 15.8 Å². The smallest absolute Gasteiger partial charge is 0.237 e. The zero-order chi connectivity index (χ0) is 16.4. The van der Waals surface area contributed by atoms with Crippen molar-refractivity contribution in [3.63, 3.8) is 0 Å². The molecule has 0 radical (unpaired) electrons. The Hall–Kier alpha value is -2.34. The molecule has 0 saturated heterocycles. The highest BCUT2D eigenvalue weighted by molar-refractivity contribution is 8.00. The monoisotopic (exact) mass is 330 g/mol. The molecule has 118 valence electrons. The lowest BCUT2D eigenvalue weighted by molar-refractivity contribution is -0.116. The molecule has 0 fully saturated rings. The van der Waals surface area contributed by atoms with Crippen LogP contribution in [0.1, 0.15) is 12.5 Å². The summed E-state index contributed by atoms with van der Waals surface area (Å²) in [5, 5.41) is 5.37. The molecule has 1 aliphatic heterocycles. The molecule has 23 heavy (non-hydrogen) atoms. The summed E-state index contributed by atoms with van der Waals surface area (Å²) < 4.78 is 13.1. The predicted molar refractivity (Wildman–Crippen MR) is 89.1 cm³/mol. The van der Waals surface area contributed by atoms with Gasteiger partial charge in [-0.2, -0.15) is 0 Å². The van der Waals surface area contributed by atoms with Crippen molar-refractivity contribution in [1.82, 2.24) is 0 Å². The van der Waals surface area contributed by atoms with E-state index < -0.39 is 5.82 Å². The van der Waals surface area contributed by atoms with Crippen LogP contribution in [0.3, 0.4) is 0 Å². The van der Waals surface area contributed by atoms with Gasteiger partial charge in [0.05, 0.1) is 17.4 Å². The van der Waals surface area contributed by atoms with Crippen LogP contribution < -0.4 is 10.6 Å². The molecule has 3 rings (SSSR count). The highest BCUT2D eigenvalue weighted by Crippen LogP contribution is 2.36. The molecular weight excluding hydrogens is 315 g/mol. The maximum atomic E-state index is 13.1. The number of hydrogen-bond acceptors (Lipinski definition) is 3. The van der Waals surface area contributed by atoms with Crippen molar-refractivity contribution in [2.24, 2.45) is 0 Å². The lowest BCUT2D eigenvalue weighted by Crippen LogP contribution is -2.26. The summed E-state index contributed by atoms with van der Waals surface area (Å²) in [6.45, 7) is 1.85. The van der Waals surface area contributed by atoms with Gasteiger partial charge in [-0.3, -0.25) is 9.59 Å². The third-order valence-corrected chi connectivity index (χ3v) is 4.63. The molecule has 2 amide bonds. The summed E-state index contributed by atoms with van der Waals surface area (Å²) >= 11 is 1.50. The number of amides is 2. The van der Waals surface area contributed by atoms with E-state index in [9.17, 15) is 14.0 Å². The van der Waals surface area contributed by atoms with Gasteiger partial charge in [0, 0.05) is 10.6 Å². The van der Waals surface area contributed by atoms with Gasteiger partial charge in [-0.15, -0.1) is 11.8 Å². The molecular formula is C17H15FN2O2S. The number of anilines is 2. The standard InChI is InChI=1S/C17H15FN2O2S/c1-10-17(22)20-14-7-11(5-6-15(14)23-10)8-16(21)19-13-4-2-3-12(18)9-13/h2-7,9-10H,8H2,1H3,(H,19,21)(H,20,22). The molecule has 4 nitrogen and oxygen atoms in total. The molecule has 0 spiro atoms. The first kappa shape index (κ1) is 15.6. The first-order valence-electron chi connectivity index (χ1n) is 7.17. The average Bonchev–Trinajstić information content (AvgIpc) is 2.48. The Morgan fingerprint density at radius 2 is 2.13 bits per heavy atom. The van der Waals surface area contributed by atoms with E-state index in [2.05, 4.69) is 10.6 Å². The van der Waals surface area contributed by atoms with Gasteiger partial charge in [0.2, 0.25) is 11.8 Å². The van der Waals surface area contributed by atoms with Gasteiger partial charge in [0.1, 0.15) is 5.82 Å². The quantitative estimate of drug-likeness (QED) is 0.906. The van der Waals surface area contributed by atoms with Crippen molar-refractivity contribution in [3.05, 3.63) is 53.8 Å². The molecule has 2 N–H and O–H groups in total. The summed E-state index contributed by atoms with van der Waals surface area (Å²) in [6.07, 6.45) is 0.153. The molecule has 2 aromatic rings. The Bertz CT molecular complexity index is 779. The summed E-state index contributed by atoms with van der Waals surface area (Å²) in [5.41, 5.74) is 1.94. The van der Waals surface area contributed by atoms with Crippen LogP contribution >= 0.6 is 11.8 Å². The minimum Gasteiger partial charge on any atom is -0.326 e. The Morgan fingerprint density at radius 1 is 1.30 bits per heavy atom. The van der Waals surface area contributed by atoms with Gasteiger partial charge in [0.25, 0.3) is 0 Å². The third-order valence-electron chi connectivity index (χ3n) is 3.45. The van der Waals surface area contributed by atoms with E-state index >= 15 is 0 Å². The van der Waals surface area contributed by atoms with E-state index in [1.165, 1.54) is 30.0 Å². The number of rotatable bonds is 3. The van der Waals surface area contributed by atoms with Crippen molar-refractivity contribution in [1.29, 1.82) is 0 Å². The van der Waals surface area contributed by atoms with E-state index in [1.54, 1.807) is 12.1 Å². The van der Waals surface area contributed by atoms with Crippen molar-refractivity contribution >= 4 is 35.0 Å². The molecule has 2 aromatic carbocycles. The lowest BCUT2D eigenvalue weighted by Gasteiger charge is -2.21. The van der Waals surface area contributed by atoms with Crippen LogP contribution in [0.2, 0.25) is 0 Å². The van der Waals surface area contributed by atoms with Crippen molar-refractivity contribution in [2.75, 3.05) is 10.6 Å². The first-order chi connectivity index (χ1) is 11.0. The first-order valence-corrected chi connectivity index (χ1v) is 8.05. The zero-order valence-corrected chi connectivity index (χ0v) is 13.2. The largest absolute Gasteiger partial charge is 0.326 e. The van der Waals surface area contributed by atoms with Gasteiger partial charge in [0.15, 0.2) is 0 Å². The predicted octanol–water partition coefficient (Wildman–Crippen LogP) is 3.44. The second-order valence-corrected chi connectivity index (χ2v) is 6.70. The summed E-state index contributed by atoms with van der Waals surface area (Å²) in [4.78, 5) is 24.8. The number of benzene rings is 2. The summed E-state index contributed by atoms with van der Waals surface area (Å²) in [6, 6.07) is 11.3. The summed E-state index contributed by atoms with van der Waals surface area (Å²) in [7, 11) is 0. The van der Waals surface area contributed by atoms with E-state index in [4.69, 9.17) is 0 Å². The number of nitrogens with one attached hydrogen (secondary N) is 2. The number of thioether (sulfide) groups is 1. The maximum absolute atomic E-state index is 13.1. The Balaban J connectivity index is 1.70. The molecule has 1 aliphatic rings. The van der Waals surface area contributed by atoms with E-state index in [0.29, 0.717) is 5.69 Å². The number of halogens is 1. The van der Waals surface area contributed by atoms with Crippen LogP contribution in [0, 0.1) is 5.82 Å². The Labute approximate surface area is 137 Å². The fraction of sp³-hybridized carbons (Fsp3) is 0.176. The highest BCUT2D eigenvalue weighted by Gasteiger charge is 2.23. The maximum Gasteiger partial charge on any atom is 0.237 e. The minimum atomic E-state index is -0.398. The number of fused-ring (bicyclic) bond motifs is 1. The van der Waals surface area contributed by atoms with Crippen molar-refractivity contribution in [3.8, 4) is 0 Å². The van der Waals surface area contributed by atoms with Gasteiger partial charge < -0.3 is 10.6 Å². The molecule has 1 unspecified atom stereocenters. The molecule has 1 heterocycles. The molecule has 0 bridgehead atoms. The summed E-state index contributed by atoms with van der Waals surface area (Å²) in [5.74, 6) is -0.673. The van der Waals surface area contributed by atoms with Crippen molar-refractivity contribution < 1.29 is 14.0 Å². The second-order valence-electron chi connectivity index (χ2n) is 5.32. The van der Waals surface area contributed by atoms with Gasteiger partial charge in [-0.1, -0.05) is 12.1 Å². The van der Waals surface area contributed by atoms with E-state index in [0.717, 1.165) is 16.1 Å². The Kier molecular flexibility index (Phi) is 4.34. The van der Waals surface area contributed by atoms with E-state index in [1.807, 2.05) is 19.1 Å². The van der Waals surface area contributed by atoms with Gasteiger partial charge >= 0.3 is 0 Å². The topological polar surface area (TPSA) is 58.2 Å². The SMILES string of the molecule is CC1Sc2ccc(CC(=O)Nc3cccc(F)c3)cc2NC1=O. The second kappa shape index (κ2) is 6.42. The fourth-order valence-corrected chi connectivity index (χ4v) is 3.25. The minimum absolute atomic E-state index is 0.0381. The van der Waals surface area contributed by atoms with Crippen LogP contribution in [-0.2, 0) is 16.0 Å². The molecule has 0 aromatic heterocycles. The molecule has 1 atom stereocenters. The third kappa shape index (κ3) is 3.71. The van der Waals surface area contributed by atoms with Gasteiger partial charge in [-0.05, 0) is 42.8 Å². The Morgan fingerprint density at radius 3 is 2.91 bits per heavy atom.